The van der Waals surface area contributed by atoms with Gasteiger partial charge in [0.15, 0.2) is 0 Å². The molecule has 0 radical (unpaired) electrons. The Balaban J connectivity index is 2.27. The van der Waals surface area contributed by atoms with Crippen molar-refractivity contribution in [3.05, 3.63) is 30.0 Å². The van der Waals surface area contributed by atoms with Gasteiger partial charge in [-0.25, -0.2) is 14.8 Å². The third-order valence-electron chi connectivity index (χ3n) is 2.41. The molecule has 2 heterocycles. The number of nitrogens with zero attached hydrogens (tertiary/aromatic N) is 4. The number of carbonyl (C=O) groups is 1. The quantitative estimate of drug-likeness (QED) is 0.765. The van der Waals surface area contributed by atoms with Crippen LogP contribution in [0.4, 0.5) is 0 Å². The number of esters is 1. The van der Waals surface area contributed by atoms with Gasteiger partial charge in [0, 0.05) is 25.0 Å². The van der Waals surface area contributed by atoms with Gasteiger partial charge < -0.3 is 4.74 Å². The molecular formula is C12H14N4O2. The summed E-state index contributed by atoms with van der Waals surface area (Å²) in [5.41, 5.74) is 2.64. The molecule has 0 spiro atoms. The number of aryl methyl sites for hydroxylation is 2. The molecule has 2 rings (SSSR count). The van der Waals surface area contributed by atoms with E-state index < -0.39 is 5.97 Å². The van der Waals surface area contributed by atoms with Gasteiger partial charge in [0.25, 0.3) is 0 Å². The highest BCUT2D eigenvalue weighted by Crippen LogP contribution is 2.17. The molecule has 94 valence electrons. The fraction of sp³-hybridized carbons (Fsp3) is 0.333. The minimum atomic E-state index is -0.509. The van der Waals surface area contributed by atoms with Crippen molar-refractivity contribution in [2.45, 2.75) is 13.8 Å². The molecule has 0 bridgehead atoms. The molecule has 0 aliphatic carbocycles. The van der Waals surface area contributed by atoms with Gasteiger partial charge in [-0.1, -0.05) is 0 Å². The van der Waals surface area contributed by atoms with E-state index in [9.17, 15) is 4.79 Å². The maximum atomic E-state index is 11.4. The Hall–Kier alpha value is -2.24. The second kappa shape index (κ2) is 4.95. The summed E-state index contributed by atoms with van der Waals surface area (Å²) in [6.07, 6.45) is 3.19. The molecule has 0 aromatic carbocycles. The van der Waals surface area contributed by atoms with E-state index in [1.807, 2.05) is 20.0 Å². The number of aromatic nitrogens is 4. The van der Waals surface area contributed by atoms with Crippen molar-refractivity contribution in [2.24, 2.45) is 7.05 Å². The molecule has 0 saturated heterocycles. The first-order valence-corrected chi connectivity index (χ1v) is 5.62. The van der Waals surface area contributed by atoms with Crippen LogP contribution in [-0.2, 0) is 11.8 Å². The Morgan fingerprint density at radius 2 is 2.06 bits per heavy atom. The van der Waals surface area contributed by atoms with Crippen molar-refractivity contribution >= 4 is 5.97 Å². The zero-order chi connectivity index (χ0) is 13.1. The summed E-state index contributed by atoms with van der Waals surface area (Å²) in [5.74, 6) is -0.440. The second-order valence-electron chi connectivity index (χ2n) is 3.81. The van der Waals surface area contributed by atoms with Crippen LogP contribution in [-0.4, -0.2) is 32.3 Å². The average molecular weight is 246 g/mol. The zero-order valence-corrected chi connectivity index (χ0v) is 10.5. The third-order valence-corrected chi connectivity index (χ3v) is 2.41. The summed E-state index contributed by atoms with van der Waals surface area (Å²) in [6, 6.07) is 1.93. The van der Waals surface area contributed by atoms with Crippen molar-refractivity contribution in [2.75, 3.05) is 6.61 Å². The highest BCUT2D eigenvalue weighted by atomic mass is 16.5. The first-order valence-electron chi connectivity index (χ1n) is 5.62. The standard InChI is InChI=1S/C12H14N4O2/c1-4-18-12(17)11-13-6-9(7-14-11)10-5-8(2)15-16(10)3/h5-7H,4H2,1-3H3. The summed E-state index contributed by atoms with van der Waals surface area (Å²) in [5, 5.41) is 4.24. The Kier molecular flexibility index (Phi) is 3.36. The molecule has 0 saturated carbocycles. The molecule has 0 unspecified atom stereocenters. The maximum Gasteiger partial charge on any atom is 0.376 e. The molecule has 0 amide bonds. The van der Waals surface area contributed by atoms with Crippen molar-refractivity contribution in [1.29, 1.82) is 0 Å². The fourth-order valence-electron chi connectivity index (χ4n) is 1.64. The minimum absolute atomic E-state index is 0.0690. The summed E-state index contributed by atoms with van der Waals surface area (Å²) < 4.78 is 6.57. The van der Waals surface area contributed by atoms with E-state index in [2.05, 4.69) is 15.1 Å². The van der Waals surface area contributed by atoms with Crippen LogP contribution >= 0.6 is 0 Å². The number of hydrogen-bond acceptors (Lipinski definition) is 5. The molecule has 18 heavy (non-hydrogen) atoms. The van der Waals surface area contributed by atoms with E-state index in [4.69, 9.17) is 4.74 Å². The van der Waals surface area contributed by atoms with Gasteiger partial charge in [0.2, 0.25) is 5.82 Å². The van der Waals surface area contributed by atoms with Crippen LogP contribution in [0, 0.1) is 6.92 Å². The van der Waals surface area contributed by atoms with E-state index in [1.165, 1.54) is 0 Å². The fourth-order valence-corrected chi connectivity index (χ4v) is 1.64. The molecule has 6 heteroatoms. The van der Waals surface area contributed by atoms with E-state index in [1.54, 1.807) is 24.0 Å². The predicted octanol–water partition coefficient (Wildman–Crippen LogP) is 1.36. The van der Waals surface area contributed by atoms with Crippen LogP contribution < -0.4 is 0 Å². The lowest BCUT2D eigenvalue weighted by Gasteiger charge is -2.02. The first-order chi connectivity index (χ1) is 8.61. The van der Waals surface area contributed by atoms with E-state index in [0.29, 0.717) is 6.61 Å². The lowest BCUT2D eigenvalue weighted by molar-refractivity contribution is 0.0512. The van der Waals surface area contributed by atoms with Gasteiger partial charge in [-0.15, -0.1) is 0 Å². The van der Waals surface area contributed by atoms with Crippen molar-refractivity contribution in [3.63, 3.8) is 0 Å². The lowest BCUT2D eigenvalue weighted by Crippen LogP contribution is -2.09. The minimum Gasteiger partial charge on any atom is -0.460 e. The van der Waals surface area contributed by atoms with Crippen molar-refractivity contribution in [1.82, 2.24) is 19.7 Å². The van der Waals surface area contributed by atoms with Gasteiger partial charge in [-0.3, -0.25) is 4.68 Å². The highest BCUT2D eigenvalue weighted by Gasteiger charge is 2.11. The second-order valence-corrected chi connectivity index (χ2v) is 3.81. The molecule has 0 N–H and O–H groups in total. The lowest BCUT2D eigenvalue weighted by atomic mass is 10.2. The largest absolute Gasteiger partial charge is 0.460 e. The summed E-state index contributed by atoms with van der Waals surface area (Å²) in [7, 11) is 1.85. The van der Waals surface area contributed by atoms with E-state index in [0.717, 1.165) is 17.0 Å². The number of ether oxygens (including phenoxy) is 1. The van der Waals surface area contributed by atoms with E-state index in [-0.39, 0.29) is 5.82 Å². The first kappa shape index (κ1) is 12.2. The summed E-state index contributed by atoms with van der Waals surface area (Å²) in [4.78, 5) is 19.4. The Morgan fingerprint density at radius 3 is 2.56 bits per heavy atom. The molecular weight excluding hydrogens is 232 g/mol. The molecule has 0 fully saturated rings. The Morgan fingerprint density at radius 1 is 1.39 bits per heavy atom. The predicted molar refractivity (Wildman–Crippen MR) is 64.9 cm³/mol. The molecule has 2 aromatic heterocycles. The third kappa shape index (κ3) is 2.37. The van der Waals surface area contributed by atoms with Crippen LogP contribution in [0.15, 0.2) is 18.5 Å². The van der Waals surface area contributed by atoms with Gasteiger partial charge in [0.05, 0.1) is 18.0 Å². The average Bonchev–Trinajstić information content (AvgIpc) is 2.69. The number of carbonyl (C=O) groups excluding carboxylic acids is 1. The smallest absolute Gasteiger partial charge is 0.376 e. The topological polar surface area (TPSA) is 69.9 Å². The molecule has 0 atom stereocenters. The van der Waals surface area contributed by atoms with Crippen molar-refractivity contribution < 1.29 is 9.53 Å². The van der Waals surface area contributed by atoms with Gasteiger partial charge in [-0.05, 0) is 19.9 Å². The van der Waals surface area contributed by atoms with Crippen LogP contribution in [0.5, 0.6) is 0 Å². The Labute approximate surface area is 105 Å². The summed E-state index contributed by atoms with van der Waals surface area (Å²) in [6.45, 7) is 3.97. The van der Waals surface area contributed by atoms with Gasteiger partial charge in [0.1, 0.15) is 0 Å². The highest BCUT2D eigenvalue weighted by molar-refractivity contribution is 5.85. The van der Waals surface area contributed by atoms with Crippen LogP contribution in [0.25, 0.3) is 11.3 Å². The molecule has 0 aliphatic rings. The maximum absolute atomic E-state index is 11.4. The monoisotopic (exact) mass is 246 g/mol. The Bertz CT molecular complexity index is 560. The molecule has 2 aromatic rings. The summed E-state index contributed by atoms with van der Waals surface area (Å²) >= 11 is 0. The van der Waals surface area contributed by atoms with Crippen LogP contribution in [0.3, 0.4) is 0 Å². The van der Waals surface area contributed by atoms with Gasteiger partial charge >= 0.3 is 5.97 Å². The van der Waals surface area contributed by atoms with E-state index >= 15 is 0 Å². The molecule has 0 aliphatic heterocycles. The number of hydrogen-bond donors (Lipinski definition) is 0. The van der Waals surface area contributed by atoms with Gasteiger partial charge in [-0.2, -0.15) is 5.10 Å². The number of rotatable bonds is 3. The normalized spacial score (nSPS) is 10.4. The van der Waals surface area contributed by atoms with Crippen LogP contribution in [0.2, 0.25) is 0 Å². The molecule has 6 nitrogen and oxygen atoms in total. The zero-order valence-electron chi connectivity index (χ0n) is 10.5. The SMILES string of the molecule is CCOC(=O)c1ncc(-c2cc(C)nn2C)cn1. The van der Waals surface area contributed by atoms with Crippen LogP contribution in [0.1, 0.15) is 23.2 Å². The van der Waals surface area contributed by atoms with Crippen molar-refractivity contribution in [3.8, 4) is 11.3 Å².